The SMILES string of the molecule is COc1cc(N2C(=S)N[C@@H](c3ccccn3)[C@@H]2c2cc(C)n(-n3cnnc3)c2C)ccc1NC(=O)C(C)(C)C. The maximum Gasteiger partial charge on any atom is 0.229 e. The van der Waals surface area contributed by atoms with Crippen LogP contribution in [0.5, 0.6) is 5.75 Å². The summed E-state index contributed by atoms with van der Waals surface area (Å²) < 4.78 is 9.62. The number of pyridine rings is 1. The molecule has 11 heteroatoms. The van der Waals surface area contributed by atoms with Gasteiger partial charge >= 0.3 is 0 Å². The second kappa shape index (κ2) is 10.1. The zero-order valence-electron chi connectivity index (χ0n) is 22.8. The number of carbonyl (C=O) groups excluding carboxylic acids is 1. The van der Waals surface area contributed by atoms with Crippen LogP contribution in [0.25, 0.3) is 0 Å². The largest absolute Gasteiger partial charge is 0.494 e. The molecular formula is C28H32N8O2S. The monoisotopic (exact) mass is 544 g/mol. The van der Waals surface area contributed by atoms with Crippen LogP contribution in [0.15, 0.2) is 61.3 Å². The van der Waals surface area contributed by atoms with Gasteiger partial charge in [-0.25, -0.2) is 4.68 Å². The molecule has 2 atom stereocenters. The highest BCUT2D eigenvalue weighted by molar-refractivity contribution is 7.80. The fourth-order valence-corrected chi connectivity index (χ4v) is 5.27. The predicted octanol–water partition coefficient (Wildman–Crippen LogP) is 4.57. The summed E-state index contributed by atoms with van der Waals surface area (Å²) in [6, 6.07) is 13.3. The van der Waals surface area contributed by atoms with Gasteiger partial charge in [0.25, 0.3) is 0 Å². The first kappa shape index (κ1) is 26.4. The quantitative estimate of drug-likeness (QED) is 0.340. The zero-order chi connectivity index (χ0) is 27.9. The van der Waals surface area contributed by atoms with Crippen molar-refractivity contribution in [3.8, 4) is 5.75 Å². The van der Waals surface area contributed by atoms with Crippen molar-refractivity contribution in [1.29, 1.82) is 0 Å². The first-order valence-electron chi connectivity index (χ1n) is 12.6. The van der Waals surface area contributed by atoms with E-state index in [1.54, 1.807) is 26.0 Å². The Hall–Kier alpha value is -4.25. The molecule has 0 unspecified atom stereocenters. The topological polar surface area (TPSA) is 102 Å². The molecule has 5 rings (SSSR count). The molecule has 0 bridgehead atoms. The first-order valence-corrected chi connectivity index (χ1v) is 13.0. The Labute approximate surface area is 233 Å². The van der Waals surface area contributed by atoms with Gasteiger partial charge in [-0.15, -0.1) is 10.2 Å². The van der Waals surface area contributed by atoms with E-state index in [1.807, 2.05) is 68.8 Å². The number of aryl methyl sites for hydroxylation is 1. The fourth-order valence-electron chi connectivity index (χ4n) is 4.92. The Kier molecular flexibility index (Phi) is 6.85. The number of nitrogens with zero attached hydrogens (tertiary/aromatic N) is 6. The maximum atomic E-state index is 12.7. The number of methoxy groups -OCH3 is 1. The van der Waals surface area contributed by atoms with Crippen molar-refractivity contribution in [3.05, 3.63) is 84.0 Å². The molecule has 0 radical (unpaired) electrons. The van der Waals surface area contributed by atoms with Crippen molar-refractivity contribution in [1.82, 2.24) is 29.9 Å². The normalized spacial score (nSPS) is 17.3. The minimum Gasteiger partial charge on any atom is -0.494 e. The molecule has 0 aliphatic carbocycles. The molecule has 10 nitrogen and oxygen atoms in total. The second-order valence-electron chi connectivity index (χ2n) is 10.6. The molecule has 1 amide bonds. The highest BCUT2D eigenvalue weighted by Gasteiger charge is 2.42. The standard InChI is InChI=1S/C28H32N8O2S/c1-17-13-20(18(2)36(17)34-15-30-31-16-34)25-24(22-9-7-8-12-29-22)33-27(39)35(25)19-10-11-21(23(14-19)38-6)32-26(37)28(3,4)5/h7-16,24-25H,1-6H3,(H,32,37)(H,33,39)/t24-,25-/m0/s1. The highest BCUT2D eigenvalue weighted by atomic mass is 32.1. The van der Waals surface area contributed by atoms with Crippen LogP contribution in [0.1, 0.15) is 55.5 Å². The molecule has 39 heavy (non-hydrogen) atoms. The highest BCUT2D eigenvalue weighted by Crippen LogP contribution is 2.44. The Morgan fingerprint density at radius 2 is 1.85 bits per heavy atom. The van der Waals surface area contributed by atoms with Crippen LogP contribution in [0.2, 0.25) is 0 Å². The van der Waals surface area contributed by atoms with Gasteiger partial charge in [-0.05, 0) is 56.4 Å². The van der Waals surface area contributed by atoms with E-state index in [0.29, 0.717) is 16.5 Å². The molecule has 2 N–H and O–H groups in total. The van der Waals surface area contributed by atoms with E-state index in [1.165, 1.54) is 0 Å². The molecule has 3 aromatic heterocycles. The summed E-state index contributed by atoms with van der Waals surface area (Å²) in [5.41, 5.74) is 4.89. The van der Waals surface area contributed by atoms with Gasteiger partial charge in [0.05, 0.1) is 30.6 Å². The Balaban J connectivity index is 1.62. The van der Waals surface area contributed by atoms with Gasteiger partial charge in [0.15, 0.2) is 5.11 Å². The first-order chi connectivity index (χ1) is 18.6. The van der Waals surface area contributed by atoms with E-state index >= 15 is 0 Å². The Morgan fingerprint density at radius 1 is 1.10 bits per heavy atom. The third kappa shape index (κ3) is 4.85. The van der Waals surface area contributed by atoms with Gasteiger partial charge in [-0.3, -0.25) is 14.5 Å². The number of nitrogens with one attached hydrogen (secondary N) is 2. The number of benzene rings is 1. The van der Waals surface area contributed by atoms with Gasteiger partial charge in [-0.1, -0.05) is 26.8 Å². The summed E-state index contributed by atoms with van der Waals surface area (Å²) in [6.07, 6.45) is 5.13. The number of carbonyl (C=O) groups is 1. The molecule has 4 heterocycles. The van der Waals surface area contributed by atoms with Crippen molar-refractivity contribution in [2.45, 2.75) is 46.7 Å². The van der Waals surface area contributed by atoms with E-state index in [0.717, 1.165) is 28.3 Å². The van der Waals surface area contributed by atoms with Crippen LogP contribution in [0.4, 0.5) is 11.4 Å². The lowest BCUT2D eigenvalue weighted by Gasteiger charge is -2.29. The number of amides is 1. The molecule has 1 aromatic carbocycles. The third-order valence-electron chi connectivity index (χ3n) is 6.88. The second-order valence-corrected chi connectivity index (χ2v) is 11.0. The van der Waals surface area contributed by atoms with Crippen molar-refractivity contribution in [3.63, 3.8) is 0 Å². The summed E-state index contributed by atoms with van der Waals surface area (Å²) in [4.78, 5) is 19.4. The fraction of sp³-hybridized carbons (Fsp3) is 0.321. The van der Waals surface area contributed by atoms with Crippen LogP contribution < -0.4 is 20.3 Å². The minimum absolute atomic E-state index is 0.0959. The predicted molar refractivity (Wildman–Crippen MR) is 154 cm³/mol. The van der Waals surface area contributed by atoms with Gasteiger partial charge in [0, 0.05) is 40.3 Å². The summed E-state index contributed by atoms with van der Waals surface area (Å²) in [6.45, 7) is 9.73. The molecule has 1 fully saturated rings. The molecule has 0 spiro atoms. The summed E-state index contributed by atoms with van der Waals surface area (Å²) in [5, 5.41) is 15.0. The lowest BCUT2D eigenvalue weighted by molar-refractivity contribution is -0.123. The lowest BCUT2D eigenvalue weighted by Crippen LogP contribution is -2.30. The van der Waals surface area contributed by atoms with Crippen LogP contribution in [0.3, 0.4) is 0 Å². The van der Waals surface area contributed by atoms with Crippen molar-refractivity contribution < 1.29 is 9.53 Å². The summed E-state index contributed by atoms with van der Waals surface area (Å²) >= 11 is 5.91. The molecule has 4 aromatic rings. The molecule has 1 saturated heterocycles. The smallest absolute Gasteiger partial charge is 0.229 e. The van der Waals surface area contributed by atoms with Crippen molar-refractivity contribution in [2.75, 3.05) is 17.3 Å². The summed E-state index contributed by atoms with van der Waals surface area (Å²) in [5.74, 6) is 0.448. The van der Waals surface area contributed by atoms with E-state index in [9.17, 15) is 4.79 Å². The van der Waals surface area contributed by atoms with Crippen LogP contribution in [0, 0.1) is 19.3 Å². The van der Waals surface area contributed by atoms with Gasteiger partial charge in [-0.2, -0.15) is 0 Å². The average molecular weight is 545 g/mol. The van der Waals surface area contributed by atoms with Gasteiger partial charge < -0.3 is 20.3 Å². The van der Waals surface area contributed by atoms with Crippen LogP contribution >= 0.6 is 12.2 Å². The third-order valence-corrected chi connectivity index (χ3v) is 7.20. The van der Waals surface area contributed by atoms with E-state index in [-0.39, 0.29) is 18.0 Å². The van der Waals surface area contributed by atoms with Crippen molar-refractivity contribution in [2.24, 2.45) is 5.41 Å². The molecular weight excluding hydrogens is 512 g/mol. The van der Waals surface area contributed by atoms with Gasteiger partial charge in [0.1, 0.15) is 18.4 Å². The molecule has 202 valence electrons. The van der Waals surface area contributed by atoms with Crippen molar-refractivity contribution >= 4 is 34.6 Å². The minimum atomic E-state index is -0.543. The van der Waals surface area contributed by atoms with E-state index in [2.05, 4.69) is 48.4 Å². The zero-order valence-corrected chi connectivity index (χ0v) is 23.7. The number of hydrogen-bond acceptors (Lipinski definition) is 6. The van der Waals surface area contributed by atoms with Crippen LogP contribution in [-0.2, 0) is 4.79 Å². The van der Waals surface area contributed by atoms with E-state index < -0.39 is 5.41 Å². The molecule has 1 aliphatic heterocycles. The Morgan fingerprint density at radius 3 is 2.49 bits per heavy atom. The van der Waals surface area contributed by atoms with Crippen LogP contribution in [-0.4, -0.2) is 42.7 Å². The molecule has 1 aliphatic rings. The number of aromatic nitrogens is 5. The molecule has 0 saturated carbocycles. The van der Waals surface area contributed by atoms with E-state index in [4.69, 9.17) is 17.0 Å². The number of hydrogen-bond donors (Lipinski definition) is 2. The number of rotatable bonds is 6. The number of anilines is 2. The Bertz CT molecular complexity index is 1510. The number of ether oxygens (including phenoxy) is 1. The van der Waals surface area contributed by atoms with Gasteiger partial charge in [0.2, 0.25) is 5.91 Å². The average Bonchev–Trinajstić information content (AvgIpc) is 3.62. The maximum absolute atomic E-state index is 12.7. The number of thiocarbonyl (C=S) groups is 1. The summed E-state index contributed by atoms with van der Waals surface area (Å²) in [7, 11) is 1.59. The lowest BCUT2D eigenvalue weighted by atomic mass is 9.95.